The van der Waals surface area contributed by atoms with E-state index >= 15 is 0 Å². The molecular formula is C22H34N3O2+. The summed E-state index contributed by atoms with van der Waals surface area (Å²) in [6.07, 6.45) is 7.14. The summed E-state index contributed by atoms with van der Waals surface area (Å²) in [5.41, 5.74) is 2.54. The zero-order valence-corrected chi connectivity index (χ0v) is 16.7. The summed E-state index contributed by atoms with van der Waals surface area (Å²) in [4.78, 5) is 25.7. The minimum Gasteiger partial charge on any atom is -0.352 e. The van der Waals surface area contributed by atoms with Gasteiger partial charge in [-0.2, -0.15) is 0 Å². The number of fused-ring (bicyclic) bond motifs is 1. The van der Waals surface area contributed by atoms with E-state index in [1.54, 1.807) is 0 Å². The molecule has 2 amide bonds. The van der Waals surface area contributed by atoms with Gasteiger partial charge in [-0.1, -0.05) is 57.4 Å². The van der Waals surface area contributed by atoms with Crippen molar-refractivity contribution in [3.05, 3.63) is 35.4 Å². The van der Waals surface area contributed by atoms with E-state index in [2.05, 4.69) is 41.9 Å². The van der Waals surface area contributed by atoms with Crippen molar-refractivity contribution in [1.82, 2.24) is 10.6 Å². The first-order valence-corrected chi connectivity index (χ1v) is 10.5. The number of nitrogens with one attached hydrogen (secondary N) is 2. The lowest BCUT2D eigenvalue weighted by Crippen LogP contribution is -2.93. The first-order valence-electron chi connectivity index (χ1n) is 10.5. The van der Waals surface area contributed by atoms with Crippen LogP contribution in [0.5, 0.6) is 0 Å². The fourth-order valence-electron chi connectivity index (χ4n) is 4.28. The molecule has 0 bridgehead atoms. The molecule has 2 aliphatic rings. The average molecular weight is 373 g/mol. The molecule has 4 N–H and O–H groups in total. The van der Waals surface area contributed by atoms with E-state index in [4.69, 9.17) is 0 Å². The molecule has 0 radical (unpaired) electrons. The molecule has 1 saturated carbocycles. The van der Waals surface area contributed by atoms with Crippen LogP contribution in [0.4, 0.5) is 0 Å². The number of quaternary nitrogens is 1. The van der Waals surface area contributed by atoms with Crippen molar-refractivity contribution in [2.24, 2.45) is 5.92 Å². The number of carbonyl (C=O) groups excluding carboxylic acids is 2. The highest BCUT2D eigenvalue weighted by atomic mass is 16.2. The van der Waals surface area contributed by atoms with Gasteiger partial charge in [0.2, 0.25) is 5.91 Å². The lowest BCUT2D eigenvalue weighted by atomic mass is 9.94. The second-order valence-corrected chi connectivity index (χ2v) is 8.55. The lowest BCUT2D eigenvalue weighted by molar-refractivity contribution is -0.695. The number of amides is 2. The average Bonchev–Trinajstić information content (AvgIpc) is 2.67. The van der Waals surface area contributed by atoms with Gasteiger partial charge >= 0.3 is 0 Å². The van der Waals surface area contributed by atoms with Crippen LogP contribution in [-0.2, 0) is 22.6 Å². The van der Waals surface area contributed by atoms with Crippen molar-refractivity contribution in [2.75, 3.05) is 0 Å². The van der Waals surface area contributed by atoms with Crippen LogP contribution in [0.1, 0.15) is 63.5 Å². The highest BCUT2D eigenvalue weighted by Crippen LogP contribution is 2.18. The van der Waals surface area contributed by atoms with E-state index in [1.165, 1.54) is 30.4 Å². The van der Waals surface area contributed by atoms with Gasteiger partial charge < -0.3 is 16.0 Å². The number of rotatable bonds is 6. The first-order chi connectivity index (χ1) is 13.0. The zero-order chi connectivity index (χ0) is 19.2. The third-order valence-corrected chi connectivity index (χ3v) is 5.81. The molecule has 0 unspecified atom stereocenters. The van der Waals surface area contributed by atoms with Gasteiger partial charge in [-0.3, -0.25) is 9.59 Å². The fraction of sp³-hybridized carbons (Fsp3) is 0.636. The Kier molecular flexibility index (Phi) is 6.89. The van der Waals surface area contributed by atoms with Gasteiger partial charge in [0.25, 0.3) is 5.91 Å². The van der Waals surface area contributed by atoms with E-state index in [9.17, 15) is 9.59 Å². The Morgan fingerprint density at radius 1 is 1.11 bits per heavy atom. The van der Waals surface area contributed by atoms with Gasteiger partial charge in [-0.05, 0) is 30.7 Å². The van der Waals surface area contributed by atoms with Crippen LogP contribution in [0.3, 0.4) is 0 Å². The van der Waals surface area contributed by atoms with Crippen LogP contribution in [0.25, 0.3) is 0 Å². The standard InChI is InChI=1S/C22H33N3O2/c1-15(2)12-20(22(27)24-18-10-4-3-5-11-18)25-21(26)19-13-16-8-6-7-9-17(16)14-23-19/h6-9,15,18-20,23H,3-5,10-14H2,1-2H3,(H,24,27)(H,25,26)/p+1/t19-,20+/m0/s1. The van der Waals surface area contributed by atoms with Crippen LogP contribution in [0, 0.1) is 5.92 Å². The minimum absolute atomic E-state index is 0.0137. The number of nitrogens with two attached hydrogens (primary N) is 1. The Labute approximate surface area is 162 Å². The molecule has 1 aromatic rings. The Morgan fingerprint density at radius 2 is 1.81 bits per heavy atom. The van der Waals surface area contributed by atoms with Crippen LogP contribution in [-0.4, -0.2) is 29.9 Å². The van der Waals surface area contributed by atoms with Crippen LogP contribution >= 0.6 is 0 Å². The topological polar surface area (TPSA) is 74.8 Å². The maximum atomic E-state index is 12.9. The van der Waals surface area contributed by atoms with Crippen molar-refractivity contribution < 1.29 is 14.9 Å². The predicted octanol–water partition coefficient (Wildman–Crippen LogP) is 1.65. The van der Waals surface area contributed by atoms with Crippen molar-refractivity contribution >= 4 is 11.8 Å². The van der Waals surface area contributed by atoms with Crippen LogP contribution in [0.2, 0.25) is 0 Å². The molecule has 5 nitrogen and oxygen atoms in total. The second kappa shape index (κ2) is 9.36. The number of hydrogen-bond donors (Lipinski definition) is 3. The molecule has 148 valence electrons. The zero-order valence-electron chi connectivity index (χ0n) is 16.7. The van der Waals surface area contributed by atoms with Gasteiger partial charge in [0.05, 0.1) is 0 Å². The molecule has 27 heavy (non-hydrogen) atoms. The molecule has 1 aromatic carbocycles. The van der Waals surface area contributed by atoms with E-state index in [0.29, 0.717) is 12.3 Å². The largest absolute Gasteiger partial charge is 0.352 e. The molecule has 1 heterocycles. The summed E-state index contributed by atoms with van der Waals surface area (Å²) in [7, 11) is 0. The maximum Gasteiger partial charge on any atom is 0.279 e. The Balaban J connectivity index is 1.60. The first kappa shape index (κ1) is 19.9. The molecule has 1 fully saturated rings. The van der Waals surface area contributed by atoms with Crippen molar-refractivity contribution in [2.45, 2.75) is 83.5 Å². The Morgan fingerprint density at radius 3 is 2.52 bits per heavy atom. The molecule has 0 spiro atoms. The number of benzene rings is 1. The summed E-state index contributed by atoms with van der Waals surface area (Å²) in [6, 6.07) is 7.97. The molecule has 0 aromatic heterocycles. The van der Waals surface area contributed by atoms with Gasteiger partial charge in [-0.15, -0.1) is 0 Å². The molecular weight excluding hydrogens is 338 g/mol. The van der Waals surface area contributed by atoms with Gasteiger partial charge in [-0.25, -0.2) is 0 Å². The van der Waals surface area contributed by atoms with Gasteiger partial charge in [0, 0.05) is 18.0 Å². The summed E-state index contributed by atoms with van der Waals surface area (Å²) in [5, 5.41) is 8.33. The molecule has 0 saturated heterocycles. The summed E-state index contributed by atoms with van der Waals surface area (Å²) >= 11 is 0. The van der Waals surface area contributed by atoms with Crippen molar-refractivity contribution in [3.8, 4) is 0 Å². The molecule has 5 heteroatoms. The highest BCUT2D eigenvalue weighted by molar-refractivity contribution is 5.89. The van der Waals surface area contributed by atoms with E-state index in [0.717, 1.165) is 25.8 Å². The quantitative estimate of drug-likeness (QED) is 0.710. The fourth-order valence-corrected chi connectivity index (χ4v) is 4.28. The predicted molar refractivity (Wildman–Crippen MR) is 106 cm³/mol. The Bertz CT molecular complexity index is 653. The van der Waals surface area contributed by atoms with Crippen molar-refractivity contribution in [1.29, 1.82) is 0 Å². The smallest absolute Gasteiger partial charge is 0.279 e. The molecule has 1 aliphatic carbocycles. The summed E-state index contributed by atoms with van der Waals surface area (Å²) in [5.74, 6) is 0.317. The third-order valence-electron chi connectivity index (χ3n) is 5.81. The summed E-state index contributed by atoms with van der Waals surface area (Å²) in [6.45, 7) is 5.00. The van der Waals surface area contributed by atoms with E-state index in [-0.39, 0.29) is 23.9 Å². The number of hydrogen-bond acceptors (Lipinski definition) is 2. The minimum atomic E-state index is -0.440. The highest BCUT2D eigenvalue weighted by Gasteiger charge is 2.32. The summed E-state index contributed by atoms with van der Waals surface area (Å²) < 4.78 is 0. The van der Waals surface area contributed by atoms with Crippen molar-refractivity contribution in [3.63, 3.8) is 0 Å². The molecule has 3 rings (SSSR count). The number of carbonyl (C=O) groups is 2. The molecule has 1 aliphatic heterocycles. The van der Waals surface area contributed by atoms with E-state index < -0.39 is 6.04 Å². The molecule has 2 atom stereocenters. The van der Waals surface area contributed by atoms with Gasteiger partial charge in [0.15, 0.2) is 6.04 Å². The van der Waals surface area contributed by atoms with Gasteiger partial charge in [0.1, 0.15) is 12.6 Å². The SMILES string of the molecule is CC(C)C[C@@H](NC(=O)[C@@H]1Cc2ccccc2C[NH2+]1)C(=O)NC1CCCCC1. The Hall–Kier alpha value is -1.88. The monoisotopic (exact) mass is 372 g/mol. The third kappa shape index (κ3) is 5.55. The lowest BCUT2D eigenvalue weighted by Gasteiger charge is -2.28. The van der Waals surface area contributed by atoms with Crippen LogP contribution in [0.15, 0.2) is 24.3 Å². The maximum absolute atomic E-state index is 12.9. The van der Waals surface area contributed by atoms with Crippen LogP contribution < -0.4 is 16.0 Å². The van der Waals surface area contributed by atoms with E-state index in [1.807, 2.05) is 12.1 Å². The normalized spacial score (nSPS) is 21.4. The second-order valence-electron chi connectivity index (χ2n) is 8.55.